The van der Waals surface area contributed by atoms with E-state index in [0.717, 1.165) is 17.8 Å². The van der Waals surface area contributed by atoms with Crippen molar-refractivity contribution in [3.63, 3.8) is 0 Å². The molecule has 0 aromatic carbocycles. The Labute approximate surface area is 103 Å². The molecule has 1 atom stereocenters. The van der Waals surface area contributed by atoms with Gasteiger partial charge in [-0.2, -0.15) is 0 Å². The summed E-state index contributed by atoms with van der Waals surface area (Å²) in [6, 6.07) is -0.794. The summed E-state index contributed by atoms with van der Waals surface area (Å²) in [6.45, 7) is 1.81. The van der Waals surface area contributed by atoms with Crippen molar-refractivity contribution in [3.05, 3.63) is 16.1 Å². The number of aliphatic carboxylic acids is 1. The number of aromatic nitrogens is 1. The predicted molar refractivity (Wildman–Crippen MR) is 63.1 cm³/mol. The van der Waals surface area contributed by atoms with Gasteiger partial charge in [-0.05, 0) is 19.3 Å². The summed E-state index contributed by atoms with van der Waals surface area (Å²) >= 11 is 1.38. The smallest absolute Gasteiger partial charge is 0.326 e. The van der Waals surface area contributed by atoms with Crippen molar-refractivity contribution >= 4 is 23.2 Å². The van der Waals surface area contributed by atoms with Crippen LogP contribution >= 0.6 is 11.3 Å². The normalized spacial score (nSPS) is 16.5. The highest BCUT2D eigenvalue weighted by Gasteiger charge is 2.30. The number of rotatable bonds is 5. The zero-order chi connectivity index (χ0) is 12.4. The molecule has 17 heavy (non-hydrogen) atoms. The van der Waals surface area contributed by atoms with E-state index < -0.39 is 17.9 Å². The van der Waals surface area contributed by atoms with E-state index in [-0.39, 0.29) is 0 Å². The van der Waals surface area contributed by atoms with E-state index >= 15 is 0 Å². The minimum Gasteiger partial charge on any atom is -0.480 e. The summed E-state index contributed by atoms with van der Waals surface area (Å²) < 4.78 is 0. The van der Waals surface area contributed by atoms with Gasteiger partial charge in [0.05, 0.1) is 5.01 Å². The molecular weight excluding hydrogens is 240 g/mol. The lowest BCUT2D eigenvalue weighted by Gasteiger charge is -2.12. The van der Waals surface area contributed by atoms with Gasteiger partial charge in [0.25, 0.3) is 5.91 Å². The van der Waals surface area contributed by atoms with Crippen LogP contribution in [0.3, 0.4) is 0 Å². The molecule has 5 nitrogen and oxygen atoms in total. The Morgan fingerprint density at radius 1 is 1.65 bits per heavy atom. The molecule has 1 aliphatic rings. The van der Waals surface area contributed by atoms with E-state index in [4.69, 9.17) is 5.11 Å². The first-order valence-corrected chi connectivity index (χ1v) is 6.40. The van der Waals surface area contributed by atoms with Crippen LogP contribution in [0, 0.1) is 12.8 Å². The van der Waals surface area contributed by atoms with Crippen LogP contribution in [0.4, 0.5) is 0 Å². The lowest BCUT2D eigenvalue weighted by molar-refractivity contribution is -0.139. The van der Waals surface area contributed by atoms with Crippen LogP contribution < -0.4 is 5.32 Å². The largest absolute Gasteiger partial charge is 0.480 e. The van der Waals surface area contributed by atoms with Crippen molar-refractivity contribution in [1.82, 2.24) is 10.3 Å². The summed E-state index contributed by atoms with van der Waals surface area (Å²) in [7, 11) is 0. The molecule has 1 heterocycles. The van der Waals surface area contributed by atoms with E-state index in [9.17, 15) is 9.59 Å². The van der Waals surface area contributed by atoms with Crippen molar-refractivity contribution in [2.45, 2.75) is 32.2 Å². The first-order chi connectivity index (χ1) is 8.06. The zero-order valence-electron chi connectivity index (χ0n) is 9.47. The third-order valence-corrected chi connectivity index (χ3v) is 3.49. The molecule has 1 aliphatic carbocycles. The van der Waals surface area contributed by atoms with Gasteiger partial charge in [-0.25, -0.2) is 9.78 Å². The number of carbonyl (C=O) groups excluding carboxylic acids is 1. The highest BCUT2D eigenvalue weighted by atomic mass is 32.1. The van der Waals surface area contributed by atoms with E-state index in [1.54, 1.807) is 12.3 Å². The third-order valence-electron chi connectivity index (χ3n) is 2.72. The Hall–Kier alpha value is -1.43. The molecule has 1 amide bonds. The topological polar surface area (TPSA) is 79.3 Å². The molecule has 1 unspecified atom stereocenters. The fraction of sp³-hybridized carbons (Fsp3) is 0.545. The number of carboxylic acid groups (broad SMARTS) is 1. The number of carbonyl (C=O) groups is 2. The van der Waals surface area contributed by atoms with Gasteiger partial charge >= 0.3 is 5.97 Å². The van der Waals surface area contributed by atoms with Crippen molar-refractivity contribution in [3.8, 4) is 0 Å². The summed E-state index contributed by atoms with van der Waals surface area (Å²) in [5, 5.41) is 14.0. The number of hydrogen-bond donors (Lipinski definition) is 2. The number of amides is 1. The number of carboxylic acids is 1. The molecule has 1 aromatic heterocycles. The molecule has 2 N–H and O–H groups in total. The van der Waals surface area contributed by atoms with E-state index in [1.165, 1.54) is 11.3 Å². The monoisotopic (exact) mass is 254 g/mol. The van der Waals surface area contributed by atoms with Crippen molar-refractivity contribution in [2.75, 3.05) is 0 Å². The van der Waals surface area contributed by atoms with E-state index in [0.29, 0.717) is 18.0 Å². The molecular formula is C11H14N2O3S. The van der Waals surface area contributed by atoms with Crippen LogP contribution in [0.15, 0.2) is 5.38 Å². The van der Waals surface area contributed by atoms with Crippen molar-refractivity contribution < 1.29 is 14.7 Å². The van der Waals surface area contributed by atoms with Gasteiger partial charge in [0.1, 0.15) is 11.7 Å². The molecule has 1 fully saturated rings. The molecule has 1 aromatic rings. The maximum atomic E-state index is 11.7. The Morgan fingerprint density at radius 3 is 2.82 bits per heavy atom. The van der Waals surface area contributed by atoms with Crippen LogP contribution in [-0.2, 0) is 4.79 Å². The van der Waals surface area contributed by atoms with Crippen molar-refractivity contribution in [1.29, 1.82) is 0 Å². The van der Waals surface area contributed by atoms with E-state index in [1.807, 2.05) is 0 Å². The third kappa shape index (κ3) is 3.26. The number of aryl methyl sites for hydroxylation is 1. The standard InChI is InChI=1S/C11H14N2O3S/c1-6-12-9(5-17-6)10(14)13-8(11(15)16)4-7-2-3-7/h5,7-8H,2-4H2,1H3,(H,13,14)(H,15,16). The van der Waals surface area contributed by atoms with Crippen LogP contribution in [0.1, 0.15) is 34.8 Å². The number of nitrogens with zero attached hydrogens (tertiary/aromatic N) is 1. The molecule has 2 rings (SSSR count). The van der Waals surface area contributed by atoms with Gasteiger partial charge in [0, 0.05) is 5.38 Å². The number of thiazole rings is 1. The number of nitrogens with one attached hydrogen (secondary N) is 1. The minimum absolute atomic E-state index is 0.301. The summed E-state index contributed by atoms with van der Waals surface area (Å²) in [4.78, 5) is 26.8. The summed E-state index contributed by atoms with van der Waals surface area (Å²) in [5.74, 6) is -0.923. The number of hydrogen-bond acceptors (Lipinski definition) is 4. The fourth-order valence-corrected chi connectivity index (χ4v) is 2.20. The SMILES string of the molecule is Cc1nc(C(=O)NC(CC2CC2)C(=O)O)cs1. The van der Waals surface area contributed by atoms with Crippen LogP contribution in [0.5, 0.6) is 0 Å². The molecule has 0 radical (unpaired) electrons. The van der Waals surface area contributed by atoms with Gasteiger partial charge < -0.3 is 10.4 Å². The Bertz CT molecular complexity index is 440. The highest BCUT2D eigenvalue weighted by Crippen LogP contribution is 2.33. The maximum absolute atomic E-state index is 11.7. The van der Waals surface area contributed by atoms with Gasteiger partial charge in [0.15, 0.2) is 0 Å². The average Bonchev–Trinajstić information content (AvgIpc) is 2.97. The van der Waals surface area contributed by atoms with Gasteiger partial charge in [-0.15, -0.1) is 11.3 Å². The van der Waals surface area contributed by atoms with Crippen molar-refractivity contribution in [2.24, 2.45) is 5.92 Å². The van der Waals surface area contributed by atoms with Crippen LogP contribution in [0.25, 0.3) is 0 Å². The lowest BCUT2D eigenvalue weighted by atomic mass is 10.1. The second-order valence-electron chi connectivity index (χ2n) is 4.30. The second-order valence-corrected chi connectivity index (χ2v) is 5.36. The molecule has 0 bridgehead atoms. The van der Waals surface area contributed by atoms with Crippen LogP contribution in [0.2, 0.25) is 0 Å². The summed E-state index contributed by atoms with van der Waals surface area (Å²) in [6.07, 6.45) is 2.65. The Morgan fingerprint density at radius 2 is 2.35 bits per heavy atom. The van der Waals surface area contributed by atoms with Gasteiger partial charge in [-0.3, -0.25) is 4.79 Å². The van der Waals surface area contributed by atoms with Gasteiger partial charge in [0.2, 0.25) is 0 Å². The predicted octanol–water partition coefficient (Wildman–Crippen LogP) is 1.43. The first kappa shape index (κ1) is 12.0. The maximum Gasteiger partial charge on any atom is 0.326 e. The fourth-order valence-electron chi connectivity index (χ4n) is 1.61. The average molecular weight is 254 g/mol. The Kier molecular flexibility index (Phi) is 3.42. The second kappa shape index (κ2) is 4.83. The first-order valence-electron chi connectivity index (χ1n) is 5.52. The molecule has 1 saturated carbocycles. The molecule has 0 aliphatic heterocycles. The quantitative estimate of drug-likeness (QED) is 0.833. The molecule has 6 heteroatoms. The zero-order valence-corrected chi connectivity index (χ0v) is 10.3. The minimum atomic E-state index is -0.975. The van der Waals surface area contributed by atoms with Gasteiger partial charge in [-0.1, -0.05) is 12.8 Å². The van der Waals surface area contributed by atoms with Crippen LogP contribution in [-0.4, -0.2) is 28.0 Å². The highest BCUT2D eigenvalue weighted by molar-refractivity contribution is 7.09. The lowest BCUT2D eigenvalue weighted by Crippen LogP contribution is -2.41. The van der Waals surface area contributed by atoms with E-state index in [2.05, 4.69) is 10.3 Å². The molecule has 0 spiro atoms. The Balaban J connectivity index is 1.96. The molecule has 92 valence electrons. The molecule has 0 saturated heterocycles. The summed E-state index contributed by atoms with van der Waals surface area (Å²) in [5.41, 5.74) is 0.301.